The second-order valence-corrected chi connectivity index (χ2v) is 14.9. The van der Waals surface area contributed by atoms with Gasteiger partial charge in [-0.05, 0) is 52.0 Å². The van der Waals surface area contributed by atoms with Crippen molar-refractivity contribution in [2.24, 2.45) is 0 Å². The van der Waals surface area contributed by atoms with Crippen LogP contribution in [0.1, 0.15) is 174 Å². The number of unbranched alkanes of at least 4 members (excludes halogenated alkanes) is 18. The number of likely N-dealkylation sites (N-methyl/N-ethyl adjacent to an activating group) is 1. The van der Waals surface area contributed by atoms with Gasteiger partial charge in [-0.3, -0.25) is 18.6 Å². The summed E-state index contributed by atoms with van der Waals surface area (Å²) in [6.45, 7) is 4.15. The number of ether oxygens (including phenoxy) is 2. The molecule has 0 saturated carbocycles. The van der Waals surface area contributed by atoms with Crippen LogP contribution in [-0.4, -0.2) is 56.3 Å². The molecule has 0 aromatic carbocycles. The van der Waals surface area contributed by atoms with Crippen LogP contribution in [0.15, 0.2) is 36.5 Å². The van der Waals surface area contributed by atoms with Crippen molar-refractivity contribution in [3.05, 3.63) is 36.5 Å². The molecular weight excluding hydrogens is 665 g/mol. The second-order valence-electron chi connectivity index (χ2n) is 13.5. The number of carbonyl (C=O) groups is 2. The predicted octanol–water partition coefficient (Wildman–Crippen LogP) is 11.3. The van der Waals surface area contributed by atoms with Crippen LogP contribution in [0, 0.1) is 0 Å². The van der Waals surface area contributed by atoms with Gasteiger partial charge in [0.25, 0.3) is 0 Å². The van der Waals surface area contributed by atoms with Crippen LogP contribution in [0.5, 0.6) is 0 Å². The minimum atomic E-state index is -4.36. The zero-order valence-corrected chi connectivity index (χ0v) is 33.7. The SMILES string of the molecule is CCCCCCCC/C=C\C/C=C\C/C=C\CCCC(=O)OC(COC(=O)CCCCCCCCCCCCCC)COP(=O)(O)OCCNC. The number of allylic oxidation sites excluding steroid dienone is 6. The Kier molecular flexibility index (Phi) is 36.7. The van der Waals surface area contributed by atoms with Crippen LogP contribution >= 0.6 is 7.82 Å². The molecule has 9 nitrogen and oxygen atoms in total. The van der Waals surface area contributed by atoms with Crippen molar-refractivity contribution in [2.45, 2.75) is 180 Å². The molecule has 2 atom stereocenters. The van der Waals surface area contributed by atoms with Gasteiger partial charge in [-0.25, -0.2) is 4.57 Å². The first-order chi connectivity index (χ1) is 24.8. The smallest absolute Gasteiger partial charge is 0.462 e. The summed E-state index contributed by atoms with van der Waals surface area (Å²) in [6.07, 6.45) is 39.1. The average Bonchev–Trinajstić information content (AvgIpc) is 3.11. The number of carbonyl (C=O) groups excluding carboxylic acids is 2. The Balaban J connectivity index is 4.35. The topological polar surface area (TPSA) is 120 Å². The third kappa shape index (κ3) is 37.8. The fraction of sp³-hybridized carbons (Fsp3) is 0.805. The molecule has 0 radical (unpaired) electrons. The van der Waals surface area contributed by atoms with Crippen molar-refractivity contribution in [3.8, 4) is 0 Å². The molecule has 0 saturated heterocycles. The Labute approximate surface area is 312 Å². The highest BCUT2D eigenvalue weighted by atomic mass is 31.2. The van der Waals surface area contributed by atoms with Gasteiger partial charge < -0.3 is 19.7 Å². The summed E-state index contributed by atoms with van der Waals surface area (Å²) in [5, 5.41) is 2.81. The lowest BCUT2D eigenvalue weighted by Crippen LogP contribution is -2.29. The van der Waals surface area contributed by atoms with E-state index in [-0.39, 0.29) is 32.0 Å². The highest BCUT2D eigenvalue weighted by molar-refractivity contribution is 7.47. The molecule has 0 bridgehead atoms. The molecule has 0 fully saturated rings. The van der Waals surface area contributed by atoms with Crippen LogP contribution in [0.3, 0.4) is 0 Å². The molecule has 0 spiro atoms. The van der Waals surface area contributed by atoms with Gasteiger partial charge in [0.2, 0.25) is 0 Å². The number of nitrogens with one attached hydrogen (secondary N) is 1. The monoisotopic (exact) mass is 742 g/mol. The Morgan fingerprint density at radius 3 is 1.63 bits per heavy atom. The summed E-state index contributed by atoms with van der Waals surface area (Å²) in [7, 11) is -2.66. The first kappa shape index (κ1) is 49.2. The molecule has 0 aromatic rings. The van der Waals surface area contributed by atoms with Crippen molar-refractivity contribution < 1.29 is 37.6 Å². The van der Waals surface area contributed by atoms with E-state index >= 15 is 0 Å². The van der Waals surface area contributed by atoms with Crippen LogP contribution in [0.25, 0.3) is 0 Å². The third-order valence-corrected chi connectivity index (χ3v) is 9.50. The van der Waals surface area contributed by atoms with Crippen LogP contribution < -0.4 is 5.32 Å². The zero-order valence-electron chi connectivity index (χ0n) is 32.8. The average molecular weight is 742 g/mol. The molecule has 0 amide bonds. The van der Waals surface area contributed by atoms with Crippen molar-refractivity contribution in [1.29, 1.82) is 0 Å². The minimum Gasteiger partial charge on any atom is -0.462 e. The Morgan fingerprint density at radius 2 is 1.08 bits per heavy atom. The molecule has 0 aliphatic heterocycles. The molecule has 2 unspecified atom stereocenters. The van der Waals surface area contributed by atoms with Crippen molar-refractivity contribution in [2.75, 3.05) is 33.4 Å². The summed E-state index contributed by atoms with van der Waals surface area (Å²) in [6, 6.07) is 0. The lowest BCUT2D eigenvalue weighted by molar-refractivity contribution is -0.161. The zero-order chi connectivity index (χ0) is 37.5. The third-order valence-electron chi connectivity index (χ3n) is 8.51. The van der Waals surface area contributed by atoms with Crippen molar-refractivity contribution in [3.63, 3.8) is 0 Å². The number of esters is 2. The van der Waals surface area contributed by atoms with E-state index in [4.69, 9.17) is 18.5 Å². The van der Waals surface area contributed by atoms with Gasteiger partial charge in [-0.15, -0.1) is 0 Å². The van der Waals surface area contributed by atoms with Gasteiger partial charge in [-0.2, -0.15) is 0 Å². The fourth-order valence-electron chi connectivity index (χ4n) is 5.39. The quantitative estimate of drug-likeness (QED) is 0.0276. The molecule has 298 valence electrons. The second kappa shape index (κ2) is 38.0. The minimum absolute atomic E-state index is 0.0254. The van der Waals surface area contributed by atoms with Gasteiger partial charge in [0, 0.05) is 19.4 Å². The molecule has 0 heterocycles. The number of phosphoric ester groups is 1. The van der Waals surface area contributed by atoms with E-state index in [9.17, 15) is 19.0 Å². The van der Waals surface area contributed by atoms with Crippen LogP contribution in [0.2, 0.25) is 0 Å². The maximum Gasteiger partial charge on any atom is 0.472 e. The maximum atomic E-state index is 12.6. The van der Waals surface area contributed by atoms with Gasteiger partial charge in [0.1, 0.15) is 6.61 Å². The van der Waals surface area contributed by atoms with Crippen molar-refractivity contribution >= 4 is 19.8 Å². The molecular formula is C41H76NO8P. The van der Waals surface area contributed by atoms with E-state index in [1.807, 2.05) is 0 Å². The molecule has 0 aliphatic carbocycles. The molecule has 0 aliphatic rings. The summed E-state index contributed by atoms with van der Waals surface area (Å²) in [4.78, 5) is 34.9. The van der Waals surface area contributed by atoms with Gasteiger partial charge in [0.05, 0.1) is 13.2 Å². The predicted molar refractivity (Wildman–Crippen MR) is 211 cm³/mol. The Bertz CT molecular complexity index is 939. The molecule has 2 N–H and O–H groups in total. The van der Waals surface area contributed by atoms with E-state index in [2.05, 4.69) is 55.6 Å². The normalized spacial score (nSPS) is 13.7. The van der Waals surface area contributed by atoms with E-state index in [1.165, 1.54) is 96.3 Å². The van der Waals surface area contributed by atoms with Gasteiger partial charge >= 0.3 is 19.8 Å². The highest BCUT2D eigenvalue weighted by Crippen LogP contribution is 2.43. The fourth-order valence-corrected chi connectivity index (χ4v) is 6.14. The van der Waals surface area contributed by atoms with Gasteiger partial charge in [0.15, 0.2) is 6.10 Å². The molecule has 10 heteroatoms. The van der Waals surface area contributed by atoms with Gasteiger partial charge in [-0.1, -0.05) is 153 Å². The molecule has 0 rings (SSSR count). The summed E-state index contributed by atoms with van der Waals surface area (Å²) in [5.41, 5.74) is 0. The van der Waals surface area contributed by atoms with E-state index in [0.717, 1.165) is 44.9 Å². The van der Waals surface area contributed by atoms with Crippen molar-refractivity contribution in [1.82, 2.24) is 5.32 Å². The lowest BCUT2D eigenvalue weighted by Gasteiger charge is -2.20. The van der Waals surface area contributed by atoms with E-state index < -0.39 is 26.5 Å². The number of hydrogen-bond acceptors (Lipinski definition) is 8. The molecule has 51 heavy (non-hydrogen) atoms. The van der Waals surface area contributed by atoms with E-state index in [0.29, 0.717) is 13.0 Å². The van der Waals surface area contributed by atoms with Crippen LogP contribution in [0.4, 0.5) is 0 Å². The summed E-state index contributed by atoms with van der Waals surface area (Å²) in [5.74, 6) is -0.866. The highest BCUT2D eigenvalue weighted by Gasteiger charge is 2.26. The largest absolute Gasteiger partial charge is 0.472 e. The first-order valence-corrected chi connectivity index (χ1v) is 21.9. The Hall–Kier alpha value is -1.77. The van der Waals surface area contributed by atoms with Crippen LogP contribution in [-0.2, 0) is 32.7 Å². The Morgan fingerprint density at radius 1 is 0.608 bits per heavy atom. The van der Waals surface area contributed by atoms with E-state index in [1.54, 1.807) is 7.05 Å². The number of rotatable bonds is 38. The summed E-state index contributed by atoms with van der Waals surface area (Å²) >= 11 is 0. The first-order valence-electron chi connectivity index (χ1n) is 20.4. The maximum absolute atomic E-state index is 12.6. The number of phosphoric acid groups is 1. The lowest BCUT2D eigenvalue weighted by atomic mass is 10.0. The summed E-state index contributed by atoms with van der Waals surface area (Å²) < 4.78 is 33.0. The molecule has 0 aromatic heterocycles. The number of hydrogen-bond donors (Lipinski definition) is 2. The standard InChI is InChI=1S/C41H76NO8P/c1-4-6-8-10-12-14-16-18-19-20-21-22-24-26-28-30-32-34-41(44)50-39(38-49-51(45,46)48-36-35-42-3)37-47-40(43)33-31-29-27-25-23-17-15-13-11-9-7-5-2/h18-19,21-22,26,28,39,42H,4-17,20,23-25,27,29-38H2,1-3H3,(H,45,46)/b19-18-,22-21-,28-26-.